The lowest BCUT2D eigenvalue weighted by Crippen LogP contribution is -2.52. The van der Waals surface area contributed by atoms with Crippen molar-refractivity contribution in [1.29, 1.82) is 0 Å². The third-order valence-electron chi connectivity index (χ3n) is 3.72. The molecule has 1 fully saturated rings. The minimum absolute atomic E-state index is 0.0284. The van der Waals surface area contributed by atoms with Crippen molar-refractivity contribution in [3.05, 3.63) is 23.8 Å². The molecule has 2 unspecified atom stereocenters. The molecule has 0 aromatic heterocycles. The molecule has 1 aromatic carbocycles. The lowest BCUT2D eigenvalue weighted by atomic mass is 9.95. The minimum Gasteiger partial charge on any atom is -0.496 e. The van der Waals surface area contributed by atoms with Crippen LogP contribution in [0.2, 0.25) is 0 Å². The Balaban J connectivity index is 2.24. The highest BCUT2D eigenvalue weighted by atomic mass is 32.2. The maximum Gasteiger partial charge on any atom is 0.234 e. The minimum atomic E-state index is 0.0284. The maximum absolute atomic E-state index is 11.3. The maximum atomic E-state index is 11.3. The second kappa shape index (κ2) is 7.56. The van der Waals surface area contributed by atoms with Crippen LogP contribution in [0.3, 0.4) is 0 Å². The second-order valence-corrected chi connectivity index (χ2v) is 6.06. The summed E-state index contributed by atoms with van der Waals surface area (Å²) in [7, 11) is 3.32. The highest BCUT2D eigenvalue weighted by Crippen LogP contribution is 2.35. The van der Waals surface area contributed by atoms with Crippen LogP contribution in [-0.4, -0.2) is 32.4 Å². The zero-order valence-electron chi connectivity index (χ0n) is 13.3. The molecule has 22 heavy (non-hydrogen) atoms. The van der Waals surface area contributed by atoms with Gasteiger partial charge in [0.15, 0.2) is 0 Å². The van der Waals surface area contributed by atoms with E-state index in [9.17, 15) is 4.79 Å². The van der Waals surface area contributed by atoms with Gasteiger partial charge in [0, 0.05) is 18.0 Å². The lowest BCUT2D eigenvalue weighted by molar-refractivity contribution is -0.125. The van der Waals surface area contributed by atoms with E-state index in [2.05, 4.69) is 17.8 Å². The van der Waals surface area contributed by atoms with Gasteiger partial charge in [-0.2, -0.15) is 0 Å². The molecule has 2 rings (SSSR count). The van der Waals surface area contributed by atoms with E-state index in [-0.39, 0.29) is 17.9 Å². The standard InChI is InChI=1S/C16H22N2O3S/c1-10-7-16(19)18-17-12(10)6-5-11-8-14(21-3)15(22-4)9-13(11)20-2/h5-6,8-10,12,17H,7H2,1-4H3,(H,18,19)/b6-5+. The van der Waals surface area contributed by atoms with Gasteiger partial charge in [-0.05, 0) is 24.3 Å². The smallest absolute Gasteiger partial charge is 0.234 e. The van der Waals surface area contributed by atoms with Crippen LogP contribution in [0.5, 0.6) is 11.5 Å². The van der Waals surface area contributed by atoms with Crippen molar-refractivity contribution in [2.24, 2.45) is 5.92 Å². The van der Waals surface area contributed by atoms with E-state index in [1.807, 2.05) is 30.5 Å². The fraction of sp³-hybridized carbons (Fsp3) is 0.438. The summed E-state index contributed by atoms with van der Waals surface area (Å²) >= 11 is 1.62. The number of carbonyl (C=O) groups excluding carboxylic acids is 1. The number of thioether (sulfide) groups is 1. The molecule has 0 radical (unpaired) electrons. The first kappa shape index (κ1) is 16.7. The van der Waals surface area contributed by atoms with Crippen LogP contribution >= 0.6 is 11.8 Å². The van der Waals surface area contributed by atoms with E-state index in [0.29, 0.717) is 6.42 Å². The van der Waals surface area contributed by atoms with E-state index < -0.39 is 0 Å². The molecule has 2 atom stereocenters. The quantitative estimate of drug-likeness (QED) is 0.816. The average Bonchev–Trinajstić information content (AvgIpc) is 2.53. The summed E-state index contributed by atoms with van der Waals surface area (Å²) in [5, 5.41) is 0. The summed E-state index contributed by atoms with van der Waals surface area (Å²) in [6.07, 6.45) is 6.56. The van der Waals surface area contributed by atoms with Crippen molar-refractivity contribution >= 4 is 23.7 Å². The average molecular weight is 322 g/mol. The van der Waals surface area contributed by atoms with Crippen LogP contribution in [0.25, 0.3) is 6.08 Å². The number of amides is 1. The van der Waals surface area contributed by atoms with Gasteiger partial charge >= 0.3 is 0 Å². The van der Waals surface area contributed by atoms with Crippen molar-refractivity contribution < 1.29 is 14.3 Å². The topological polar surface area (TPSA) is 59.6 Å². The van der Waals surface area contributed by atoms with Crippen LogP contribution < -0.4 is 20.3 Å². The fourth-order valence-electron chi connectivity index (χ4n) is 2.40. The van der Waals surface area contributed by atoms with Crippen LogP contribution in [-0.2, 0) is 4.79 Å². The SMILES string of the molecule is COc1cc(SC)c(OC)cc1/C=C/C1NNC(=O)CC1C. The molecule has 0 bridgehead atoms. The van der Waals surface area contributed by atoms with Gasteiger partial charge in [0.2, 0.25) is 5.91 Å². The summed E-state index contributed by atoms with van der Waals surface area (Å²) in [4.78, 5) is 12.3. The molecule has 1 aliphatic heterocycles. The van der Waals surface area contributed by atoms with Crippen molar-refractivity contribution in [1.82, 2.24) is 10.9 Å². The van der Waals surface area contributed by atoms with Crippen LogP contribution in [0, 0.1) is 5.92 Å². The number of methoxy groups -OCH3 is 2. The second-order valence-electron chi connectivity index (χ2n) is 5.21. The van der Waals surface area contributed by atoms with E-state index >= 15 is 0 Å². The van der Waals surface area contributed by atoms with Crippen molar-refractivity contribution in [2.45, 2.75) is 24.3 Å². The highest BCUT2D eigenvalue weighted by molar-refractivity contribution is 7.98. The zero-order valence-corrected chi connectivity index (χ0v) is 14.1. The molecular weight excluding hydrogens is 300 g/mol. The molecule has 1 heterocycles. The fourth-order valence-corrected chi connectivity index (χ4v) is 2.97. The van der Waals surface area contributed by atoms with E-state index in [0.717, 1.165) is 22.0 Å². The Hall–Kier alpha value is -1.66. The zero-order chi connectivity index (χ0) is 16.1. The highest BCUT2D eigenvalue weighted by Gasteiger charge is 2.23. The number of hydrogen-bond donors (Lipinski definition) is 2. The lowest BCUT2D eigenvalue weighted by Gasteiger charge is -2.27. The molecule has 120 valence electrons. The number of nitrogens with one attached hydrogen (secondary N) is 2. The number of hydrazine groups is 1. The van der Waals surface area contributed by atoms with Gasteiger partial charge in [0.25, 0.3) is 0 Å². The van der Waals surface area contributed by atoms with Crippen LogP contribution in [0.15, 0.2) is 23.1 Å². The summed E-state index contributed by atoms with van der Waals surface area (Å²) in [5.74, 6) is 1.89. The summed E-state index contributed by atoms with van der Waals surface area (Å²) in [5.41, 5.74) is 6.63. The van der Waals surface area contributed by atoms with Gasteiger partial charge in [0.05, 0.1) is 19.1 Å². The van der Waals surface area contributed by atoms with E-state index in [4.69, 9.17) is 9.47 Å². The number of hydrogen-bond acceptors (Lipinski definition) is 5. The molecule has 1 saturated heterocycles. The molecule has 1 aliphatic rings. The summed E-state index contributed by atoms with van der Waals surface area (Å²) < 4.78 is 10.9. The number of benzene rings is 1. The van der Waals surface area contributed by atoms with Gasteiger partial charge in [-0.1, -0.05) is 19.1 Å². The van der Waals surface area contributed by atoms with Gasteiger partial charge < -0.3 is 9.47 Å². The number of carbonyl (C=O) groups is 1. The predicted octanol–water partition coefficient (Wildman–Crippen LogP) is 2.47. The Morgan fingerprint density at radius 3 is 2.59 bits per heavy atom. The molecule has 0 spiro atoms. The van der Waals surface area contributed by atoms with Crippen LogP contribution in [0.1, 0.15) is 18.9 Å². The monoisotopic (exact) mass is 322 g/mol. The molecule has 0 aliphatic carbocycles. The molecule has 1 amide bonds. The van der Waals surface area contributed by atoms with Gasteiger partial charge in [-0.15, -0.1) is 11.8 Å². The predicted molar refractivity (Wildman–Crippen MR) is 89.2 cm³/mol. The first-order valence-corrected chi connectivity index (χ1v) is 8.34. The number of rotatable bonds is 5. The first-order valence-electron chi connectivity index (χ1n) is 7.11. The molecule has 1 aromatic rings. The molecule has 2 N–H and O–H groups in total. The molecule has 6 heteroatoms. The molecule has 0 saturated carbocycles. The van der Waals surface area contributed by atoms with E-state index in [1.54, 1.807) is 26.0 Å². The molecular formula is C16H22N2O3S. The van der Waals surface area contributed by atoms with E-state index in [1.165, 1.54) is 0 Å². The summed E-state index contributed by atoms with van der Waals surface area (Å²) in [6, 6.07) is 4.03. The van der Waals surface area contributed by atoms with Gasteiger partial charge in [-0.3, -0.25) is 10.2 Å². The largest absolute Gasteiger partial charge is 0.496 e. The van der Waals surface area contributed by atoms with Crippen molar-refractivity contribution in [3.8, 4) is 11.5 Å². The number of ether oxygens (including phenoxy) is 2. The first-order chi connectivity index (χ1) is 10.6. The Morgan fingerprint density at radius 2 is 2.00 bits per heavy atom. The Kier molecular flexibility index (Phi) is 5.74. The van der Waals surface area contributed by atoms with Crippen LogP contribution in [0.4, 0.5) is 0 Å². The van der Waals surface area contributed by atoms with Gasteiger partial charge in [-0.25, -0.2) is 5.43 Å². The normalized spacial score (nSPS) is 21.7. The Bertz CT molecular complexity index is 575. The van der Waals surface area contributed by atoms with Crippen molar-refractivity contribution in [3.63, 3.8) is 0 Å². The third-order valence-corrected chi connectivity index (χ3v) is 4.48. The Labute approximate surface area is 135 Å². The Morgan fingerprint density at radius 1 is 1.27 bits per heavy atom. The van der Waals surface area contributed by atoms with Gasteiger partial charge in [0.1, 0.15) is 11.5 Å². The van der Waals surface area contributed by atoms with Crippen molar-refractivity contribution in [2.75, 3.05) is 20.5 Å². The summed E-state index contributed by atoms with van der Waals surface area (Å²) in [6.45, 7) is 2.05. The molecule has 5 nitrogen and oxygen atoms in total. The third kappa shape index (κ3) is 3.75.